The predicted molar refractivity (Wildman–Crippen MR) is 125 cm³/mol. The number of ether oxygens (including phenoxy) is 3. The standard InChI is InChI=1S/C28H31FO3/c1-28(2,22-13-15-25(16-14-22)31-23-10-6-7-11-23)20-30-19-21-12-17-26(29)27(18-21)32-24-8-4-3-5-9-24/h3-5,8-9,12-18,23H,6-7,10-11,19-20H2,1-2H3. The molecule has 0 amide bonds. The molecule has 4 heteroatoms. The van der Waals surface area contributed by atoms with E-state index in [9.17, 15) is 4.39 Å². The number of benzene rings is 3. The molecule has 0 spiro atoms. The highest BCUT2D eigenvalue weighted by molar-refractivity contribution is 5.35. The zero-order valence-electron chi connectivity index (χ0n) is 18.9. The van der Waals surface area contributed by atoms with E-state index in [0.717, 1.165) is 24.2 Å². The minimum atomic E-state index is -0.391. The first-order valence-corrected chi connectivity index (χ1v) is 11.4. The van der Waals surface area contributed by atoms with E-state index in [4.69, 9.17) is 14.2 Å². The number of hydrogen-bond acceptors (Lipinski definition) is 3. The molecule has 0 aliphatic heterocycles. The molecule has 0 aromatic heterocycles. The second-order valence-electron chi connectivity index (χ2n) is 9.11. The van der Waals surface area contributed by atoms with E-state index >= 15 is 0 Å². The van der Waals surface area contributed by atoms with Gasteiger partial charge < -0.3 is 14.2 Å². The molecule has 3 nitrogen and oxygen atoms in total. The van der Waals surface area contributed by atoms with Crippen LogP contribution in [-0.4, -0.2) is 12.7 Å². The molecule has 3 aromatic carbocycles. The van der Waals surface area contributed by atoms with Gasteiger partial charge in [0.2, 0.25) is 0 Å². The second kappa shape index (κ2) is 10.2. The van der Waals surface area contributed by atoms with Gasteiger partial charge in [-0.1, -0.05) is 50.2 Å². The quantitative estimate of drug-likeness (QED) is 0.350. The average Bonchev–Trinajstić information content (AvgIpc) is 3.30. The third kappa shape index (κ3) is 5.89. The van der Waals surface area contributed by atoms with Crippen molar-refractivity contribution in [3.8, 4) is 17.2 Å². The predicted octanol–water partition coefficient (Wildman–Crippen LogP) is 7.43. The van der Waals surface area contributed by atoms with E-state index in [1.54, 1.807) is 24.3 Å². The summed E-state index contributed by atoms with van der Waals surface area (Å²) in [5.41, 5.74) is 1.91. The minimum absolute atomic E-state index is 0.157. The molecule has 4 rings (SSSR count). The lowest BCUT2D eigenvalue weighted by atomic mass is 9.85. The SMILES string of the molecule is CC(C)(COCc1ccc(F)c(Oc2ccccc2)c1)c1ccc(OC2CCCC2)cc1. The Morgan fingerprint density at radius 3 is 2.31 bits per heavy atom. The van der Waals surface area contributed by atoms with E-state index in [2.05, 4.69) is 38.1 Å². The van der Waals surface area contributed by atoms with Gasteiger partial charge in [0.1, 0.15) is 11.5 Å². The zero-order chi connectivity index (χ0) is 22.4. The van der Waals surface area contributed by atoms with Crippen LogP contribution in [0, 0.1) is 5.82 Å². The summed E-state index contributed by atoms with van der Waals surface area (Å²) in [6.07, 6.45) is 5.21. The lowest BCUT2D eigenvalue weighted by Crippen LogP contribution is -2.24. The largest absolute Gasteiger partial charge is 0.490 e. The summed E-state index contributed by atoms with van der Waals surface area (Å²) in [6.45, 7) is 5.25. The molecule has 1 saturated carbocycles. The van der Waals surface area contributed by atoms with Gasteiger partial charge in [-0.3, -0.25) is 0 Å². The van der Waals surface area contributed by atoms with Crippen molar-refractivity contribution < 1.29 is 18.6 Å². The van der Waals surface area contributed by atoms with Gasteiger partial charge in [0.15, 0.2) is 11.6 Å². The number of halogens is 1. The first kappa shape index (κ1) is 22.3. The maximum absolute atomic E-state index is 14.2. The van der Waals surface area contributed by atoms with Crippen LogP contribution in [0.3, 0.4) is 0 Å². The Balaban J connectivity index is 1.32. The van der Waals surface area contributed by atoms with Crippen molar-refractivity contribution in [1.82, 2.24) is 0 Å². The van der Waals surface area contributed by atoms with Crippen LogP contribution in [0.15, 0.2) is 72.8 Å². The Morgan fingerprint density at radius 2 is 1.59 bits per heavy atom. The molecule has 3 aromatic rings. The maximum Gasteiger partial charge on any atom is 0.165 e. The molecule has 1 fully saturated rings. The fourth-order valence-corrected chi connectivity index (χ4v) is 4.02. The highest BCUT2D eigenvalue weighted by Crippen LogP contribution is 2.29. The van der Waals surface area contributed by atoms with Crippen LogP contribution in [0.5, 0.6) is 17.2 Å². The second-order valence-corrected chi connectivity index (χ2v) is 9.11. The average molecular weight is 435 g/mol. The van der Waals surface area contributed by atoms with E-state index in [1.807, 2.05) is 18.2 Å². The van der Waals surface area contributed by atoms with Crippen molar-refractivity contribution in [2.24, 2.45) is 0 Å². The van der Waals surface area contributed by atoms with Crippen LogP contribution in [-0.2, 0) is 16.8 Å². The molecule has 168 valence electrons. The normalized spacial score (nSPS) is 14.5. The topological polar surface area (TPSA) is 27.7 Å². The summed E-state index contributed by atoms with van der Waals surface area (Å²) in [4.78, 5) is 0. The van der Waals surface area contributed by atoms with Crippen LogP contribution in [0.1, 0.15) is 50.7 Å². The van der Waals surface area contributed by atoms with Crippen LogP contribution in [0.2, 0.25) is 0 Å². The summed E-state index contributed by atoms with van der Waals surface area (Å²) < 4.78 is 31.9. The van der Waals surface area contributed by atoms with Crippen molar-refractivity contribution in [1.29, 1.82) is 0 Å². The minimum Gasteiger partial charge on any atom is -0.490 e. The summed E-state index contributed by atoms with van der Waals surface area (Å²) >= 11 is 0. The van der Waals surface area contributed by atoms with Crippen LogP contribution in [0.25, 0.3) is 0 Å². The monoisotopic (exact) mass is 434 g/mol. The maximum atomic E-state index is 14.2. The first-order valence-electron chi connectivity index (χ1n) is 11.4. The highest BCUT2D eigenvalue weighted by atomic mass is 19.1. The Hall–Kier alpha value is -2.85. The molecule has 0 radical (unpaired) electrons. The molecule has 0 heterocycles. The molecular formula is C28H31FO3. The van der Waals surface area contributed by atoms with E-state index in [1.165, 1.54) is 24.5 Å². The van der Waals surface area contributed by atoms with E-state index in [-0.39, 0.29) is 11.2 Å². The Kier molecular flexibility index (Phi) is 7.11. The lowest BCUT2D eigenvalue weighted by Gasteiger charge is -2.25. The molecule has 0 N–H and O–H groups in total. The van der Waals surface area contributed by atoms with Gasteiger partial charge in [-0.2, -0.15) is 0 Å². The summed E-state index contributed by atoms with van der Waals surface area (Å²) in [7, 11) is 0. The highest BCUT2D eigenvalue weighted by Gasteiger charge is 2.22. The van der Waals surface area contributed by atoms with E-state index < -0.39 is 5.82 Å². The molecule has 1 aliphatic carbocycles. The molecule has 0 unspecified atom stereocenters. The van der Waals surface area contributed by atoms with E-state index in [0.29, 0.717) is 25.1 Å². The van der Waals surface area contributed by atoms with Gasteiger partial charge in [0, 0.05) is 5.41 Å². The van der Waals surface area contributed by atoms with Crippen molar-refractivity contribution in [3.05, 3.63) is 89.7 Å². The fourth-order valence-electron chi connectivity index (χ4n) is 4.02. The van der Waals surface area contributed by atoms with Gasteiger partial charge in [-0.15, -0.1) is 0 Å². The molecule has 0 saturated heterocycles. The number of para-hydroxylation sites is 1. The van der Waals surface area contributed by atoms with Gasteiger partial charge >= 0.3 is 0 Å². The Morgan fingerprint density at radius 1 is 0.875 bits per heavy atom. The van der Waals surface area contributed by atoms with Gasteiger partial charge in [-0.25, -0.2) is 4.39 Å². The van der Waals surface area contributed by atoms with Crippen LogP contribution in [0.4, 0.5) is 4.39 Å². The third-order valence-corrected chi connectivity index (χ3v) is 5.94. The van der Waals surface area contributed by atoms with Crippen LogP contribution < -0.4 is 9.47 Å². The van der Waals surface area contributed by atoms with Crippen molar-refractivity contribution in [2.75, 3.05) is 6.61 Å². The van der Waals surface area contributed by atoms with Crippen molar-refractivity contribution >= 4 is 0 Å². The van der Waals surface area contributed by atoms with Gasteiger partial charge in [0.25, 0.3) is 0 Å². The number of hydrogen-bond donors (Lipinski definition) is 0. The van der Waals surface area contributed by atoms with Gasteiger partial charge in [-0.05, 0) is 73.2 Å². The molecule has 0 atom stereocenters. The van der Waals surface area contributed by atoms with Crippen LogP contribution >= 0.6 is 0 Å². The summed E-state index contributed by atoms with van der Waals surface area (Å²) in [5.74, 6) is 1.35. The molecule has 1 aliphatic rings. The van der Waals surface area contributed by atoms with Crippen molar-refractivity contribution in [2.45, 2.75) is 57.7 Å². The third-order valence-electron chi connectivity index (χ3n) is 5.94. The Labute approximate surface area is 190 Å². The summed E-state index contributed by atoms with van der Waals surface area (Å²) in [6, 6.07) is 22.4. The molecule has 32 heavy (non-hydrogen) atoms. The first-order chi connectivity index (χ1) is 15.5. The smallest absolute Gasteiger partial charge is 0.165 e. The molecule has 0 bridgehead atoms. The Bertz CT molecular complexity index is 993. The summed E-state index contributed by atoms with van der Waals surface area (Å²) in [5, 5.41) is 0. The fraction of sp³-hybridized carbons (Fsp3) is 0.357. The number of rotatable bonds is 9. The molecular weight excluding hydrogens is 403 g/mol. The van der Waals surface area contributed by atoms with Crippen molar-refractivity contribution in [3.63, 3.8) is 0 Å². The van der Waals surface area contributed by atoms with Gasteiger partial charge in [0.05, 0.1) is 19.3 Å². The lowest BCUT2D eigenvalue weighted by molar-refractivity contribution is 0.0823. The zero-order valence-corrected chi connectivity index (χ0v) is 18.9.